The molecule has 0 unspecified atom stereocenters. The third-order valence-electron chi connectivity index (χ3n) is 2.83. The largest absolute Gasteiger partial charge is 0.481 e. The van der Waals surface area contributed by atoms with Crippen LogP contribution in [0.1, 0.15) is 25.3 Å². The standard InChI is InChI=1S/C15H17NO/c1-11(2)14-10-16-15(17-3)9-13(14)12-7-5-4-6-8-12/h4-11H,1-3H3. The fraction of sp³-hybridized carbons (Fsp3) is 0.267. The second-order valence-electron chi connectivity index (χ2n) is 4.33. The van der Waals surface area contributed by atoms with Gasteiger partial charge in [0.05, 0.1) is 7.11 Å². The predicted molar refractivity (Wildman–Crippen MR) is 70.3 cm³/mol. The van der Waals surface area contributed by atoms with Gasteiger partial charge in [-0.05, 0) is 22.6 Å². The molecule has 0 bridgehead atoms. The highest BCUT2D eigenvalue weighted by Crippen LogP contribution is 2.30. The van der Waals surface area contributed by atoms with Gasteiger partial charge in [0, 0.05) is 12.3 Å². The Morgan fingerprint density at radius 2 is 1.82 bits per heavy atom. The van der Waals surface area contributed by atoms with E-state index in [2.05, 4.69) is 31.0 Å². The third kappa shape index (κ3) is 2.47. The molecule has 2 aromatic rings. The number of ether oxygens (including phenoxy) is 1. The average Bonchev–Trinajstić information content (AvgIpc) is 2.39. The van der Waals surface area contributed by atoms with Crippen LogP contribution in [-0.4, -0.2) is 12.1 Å². The molecular weight excluding hydrogens is 210 g/mol. The Balaban J connectivity index is 2.57. The van der Waals surface area contributed by atoms with Crippen LogP contribution in [0.5, 0.6) is 5.88 Å². The summed E-state index contributed by atoms with van der Waals surface area (Å²) >= 11 is 0. The Labute approximate surface area is 102 Å². The minimum Gasteiger partial charge on any atom is -0.481 e. The van der Waals surface area contributed by atoms with Gasteiger partial charge in [0.1, 0.15) is 0 Å². The van der Waals surface area contributed by atoms with Crippen LogP contribution < -0.4 is 4.74 Å². The summed E-state index contributed by atoms with van der Waals surface area (Å²) in [5.41, 5.74) is 3.65. The molecule has 1 aromatic carbocycles. The molecule has 0 radical (unpaired) electrons. The van der Waals surface area contributed by atoms with E-state index in [0.29, 0.717) is 11.8 Å². The number of methoxy groups -OCH3 is 1. The van der Waals surface area contributed by atoms with Crippen LogP contribution in [0.3, 0.4) is 0 Å². The van der Waals surface area contributed by atoms with Crippen molar-refractivity contribution >= 4 is 0 Å². The summed E-state index contributed by atoms with van der Waals surface area (Å²) in [6.45, 7) is 4.35. The molecule has 0 spiro atoms. The lowest BCUT2D eigenvalue weighted by atomic mass is 9.94. The maximum absolute atomic E-state index is 5.20. The van der Waals surface area contributed by atoms with E-state index >= 15 is 0 Å². The van der Waals surface area contributed by atoms with Crippen molar-refractivity contribution in [2.75, 3.05) is 7.11 Å². The molecule has 88 valence electrons. The monoisotopic (exact) mass is 227 g/mol. The summed E-state index contributed by atoms with van der Waals surface area (Å²) in [5.74, 6) is 1.11. The molecule has 17 heavy (non-hydrogen) atoms. The molecular formula is C15H17NO. The lowest BCUT2D eigenvalue weighted by Gasteiger charge is -2.13. The highest BCUT2D eigenvalue weighted by Gasteiger charge is 2.10. The summed E-state index contributed by atoms with van der Waals surface area (Å²) in [4.78, 5) is 4.28. The second-order valence-corrected chi connectivity index (χ2v) is 4.33. The van der Waals surface area contributed by atoms with Crippen LogP contribution in [-0.2, 0) is 0 Å². The Hall–Kier alpha value is -1.83. The van der Waals surface area contributed by atoms with E-state index in [1.807, 2.05) is 30.5 Å². The van der Waals surface area contributed by atoms with Crippen molar-refractivity contribution in [3.63, 3.8) is 0 Å². The van der Waals surface area contributed by atoms with Gasteiger partial charge < -0.3 is 4.74 Å². The number of benzene rings is 1. The molecule has 2 heteroatoms. The van der Waals surface area contributed by atoms with Gasteiger partial charge in [0.25, 0.3) is 0 Å². The molecule has 0 fully saturated rings. The zero-order valence-corrected chi connectivity index (χ0v) is 10.5. The fourth-order valence-electron chi connectivity index (χ4n) is 1.89. The minimum absolute atomic E-state index is 0.448. The third-order valence-corrected chi connectivity index (χ3v) is 2.83. The smallest absolute Gasteiger partial charge is 0.213 e. The summed E-state index contributed by atoms with van der Waals surface area (Å²) in [6.07, 6.45) is 1.91. The molecule has 0 aliphatic carbocycles. The number of rotatable bonds is 3. The summed E-state index contributed by atoms with van der Waals surface area (Å²) < 4.78 is 5.20. The Morgan fingerprint density at radius 3 is 2.41 bits per heavy atom. The quantitative estimate of drug-likeness (QED) is 0.793. The molecule has 0 atom stereocenters. The Bertz CT molecular complexity index is 492. The number of nitrogens with zero attached hydrogens (tertiary/aromatic N) is 1. The summed E-state index contributed by atoms with van der Waals surface area (Å²) in [5, 5.41) is 0. The summed E-state index contributed by atoms with van der Waals surface area (Å²) in [6, 6.07) is 12.3. The summed E-state index contributed by atoms with van der Waals surface area (Å²) in [7, 11) is 1.64. The molecule has 2 rings (SSSR count). The van der Waals surface area contributed by atoms with Crippen LogP contribution in [0.4, 0.5) is 0 Å². The molecule has 0 N–H and O–H groups in total. The minimum atomic E-state index is 0.448. The normalized spacial score (nSPS) is 10.6. The van der Waals surface area contributed by atoms with E-state index in [9.17, 15) is 0 Å². The van der Waals surface area contributed by atoms with Crippen LogP contribution in [0.25, 0.3) is 11.1 Å². The lowest BCUT2D eigenvalue weighted by molar-refractivity contribution is 0.397. The molecule has 0 amide bonds. The first-order valence-corrected chi connectivity index (χ1v) is 5.81. The molecule has 0 aliphatic heterocycles. The highest BCUT2D eigenvalue weighted by molar-refractivity contribution is 5.68. The van der Waals surface area contributed by atoms with Gasteiger partial charge in [-0.3, -0.25) is 0 Å². The van der Waals surface area contributed by atoms with E-state index < -0.39 is 0 Å². The fourth-order valence-corrected chi connectivity index (χ4v) is 1.89. The van der Waals surface area contributed by atoms with Crippen LogP contribution >= 0.6 is 0 Å². The van der Waals surface area contributed by atoms with Gasteiger partial charge in [-0.2, -0.15) is 0 Å². The van der Waals surface area contributed by atoms with Crippen LogP contribution in [0.15, 0.2) is 42.6 Å². The van der Waals surface area contributed by atoms with Gasteiger partial charge in [-0.25, -0.2) is 4.98 Å². The number of hydrogen-bond donors (Lipinski definition) is 0. The van der Waals surface area contributed by atoms with Crippen LogP contribution in [0, 0.1) is 0 Å². The zero-order valence-electron chi connectivity index (χ0n) is 10.5. The predicted octanol–water partition coefficient (Wildman–Crippen LogP) is 3.88. The number of aromatic nitrogens is 1. The Kier molecular flexibility index (Phi) is 3.43. The first kappa shape index (κ1) is 11.6. The van der Waals surface area contributed by atoms with Crippen molar-refractivity contribution in [1.29, 1.82) is 0 Å². The topological polar surface area (TPSA) is 22.1 Å². The molecule has 1 aromatic heterocycles. The molecule has 0 aliphatic rings. The molecule has 0 saturated carbocycles. The molecule has 1 heterocycles. The maximum atomic E-state index is 5.20. The first-order chi connectivity index (χ1) is 8.22. The van der Waals surface area contributed by atoms with Crippen molar-refractivity contribution in [3.8, 4) is 17.0 Å². The van der Waals surface area contributed by atoms with Gasteiger partial charge >= 0.3 is 0 Å². The average molecular weight is 227 g/mol. The SMILES string of the molecule is COc1cc(-c2ccccc2)c(C(C)C)cn1. The lowest BCUT2D eigenvalue weighted by Crippen LogP contribution is -1.96. The highest BCUT2D eigenvalue weighted by atomic mass is 16.5. The zero-order chi connectivity index (χ0) is 12.3. The van der Waals surface area contributed by atoms with Gasteiger partial charge in [-0.1, -0.05) is 44.2 Å². The van der Waals surface area contributed by atoms with E-state index in [0.717, 1.165) is 0 Å². The number of hydrogen-bond acceptors (Lipinski definition) is 2. The van der Waals surface area contributed by atoms with E-state index in [4.69, 9.17) is 4.74 Å². The van der Waals surface area contributed by atoms with Crippen molar-refractivity contribution in [1.82, 2.24) is 4.98 Å². The van der Waals surface area contributed by atoms with Gasteiger partial charge in [0.15, 0.2) is 0 Å². The van der Waals surface area contributed by atoms with Crippen LogP contribution in [0.2, 0.25) is 0 Å². The van der Waals surface area contributed by atoms with Gasteiger partial charge in [-0.15, -0.1) is 0 Å². The Morgan fingerprint density at radius 1 is 1.12 bits per heavy atom. The molecule has 2 nitrogen and oxygen atoms in total. The maximum Gasteiger partial charge on any atom is 0.213 e. The van der Waals surface area contributed by atoms with Crippen molar-refractivity contribution in [2.45, 2.75) is 19.8 Å². The second kappa shape index (κ2) is 5.00. The van der Waals surface area contributed by atoms with Gasteiger partial charge in [0.2, 0.25) is 5.88 Å². The van der Waals surface area contributed by atoms with Crippen molar-refractivity contribution < 1.29 is 4.74 Å². The van der Waals surface area contributed by atoms with E-state index in [-0.39, 0.29) is 0 Å². The number of pyridine rings is 1. The van der Waals surface area contributed by atoms with E-state index in [1.54, 1.807) is 7.11 Å². The van der Waals surface area contributed by atoms with E-state index in [1.165, 1.54) is 16.7 Å². The van der Waals surface area contributed by atoms with Crippen molar-refractivity contribution in [2.24, 2.45) is 0 Å². The van der Waals surface area contributed by atoms with Crippen molar-refractivity contribution in [3.05, 3.63) is 48.2 Å². The molecule has 0 saturated heterocycles. The first-order valence-electron chi connectivity index (χ1n) is 5.81.